The second kappa shape index (κ2) is 11.6. The summed E-state index contributed by atoms with van der Waals surface area (Å²) in [7, 11) is 3.07. The maximum Gasteiger partial charge on any atom is 0.330 e. The smallest absolute Gasteiger partial charge is 0.330 e. The number of carbonyl (C=O) groups is 1. The van der Waals surface area contributed by atoms with Gasteiger partial charge in [-0.05, 0) is 73.7 Å². The van der Waals surface area contributed by atoms with E-state index >= 15 is 13.2 Å². The number of halogens is 3. The molecule has 2 aromatic heterocycles. The van der Waals surface area contributed by atoms with E-state index in [0.29, 0.717) is 6.42 Å². The molecule has 5 rings (SSSR count). The number of methoxy groups -OCH3 is 1. The number of esters is 1. The zero-order valence-electron chi connectivity index (χ0n) is 24.2. The molecule has 0 aliphatic carbocycles. The molecule has 0 saturated carbocycles. The van der Waals surface area contributed by atoms with E-state index in [4.69, 9.17) is 0 Å². The average Bonchev–Trinajstić information content (AvgIpc) is 3.38. The van der Waals surface area contributed by atoms with Gasteiger partial charge in [-0.2, -0.15) is 5.10 Å². The van der Waals surface area contributed by atoms with Crippen LogP contribution in [0.1, 0.15) is 49.1 Å². The molecule has 0 N–H and O–H groups in total. The van der Waals surface area contributed by atoms with Crippen LogP contribution in [-0.2, 0) is 23.0 Å². The fraction of sp³-hybridized carbons (Fsp3) is 0.303. The standard InChI is InChI=1S/C33H33F3N4O2/c1-20-12-24-15-22(23-8-10-29(37-16-23)25-17-38-39(4)18-25)7-9-26(24)32(40(20)19-33(2,3)36)31-27(34)13-21(14-28(31)35)6-11-30(41)42-5/h6-11,13-18,20,32H,12,19H2,1-5H3/b11-6+/t20-,32+/m1/s1. The van der Waals surface area contributed by atoms with Gasteiger partial charge in [-0.3, -0.25) is 14.6 Å². The third-order valence-corrected chi connectivity index (χ3v) is 7.49. The van der Waals surface area contributed by atoms with Gasteiger partial charge in [-0.1, -0.05) is 24.3 Å². The van der Waals surface area contributed by atoms with Gasteiger partial charge in [0.1, 0.15) is 17.3 Å². The number of alkyl halides is 1. The minimum Gasteiger partial charge on any atom is -0.466 e. The number of rotatable bonds is 7. The third kappa shape index (κ3) is 6.16. The van der Waals surface area contributed by atoms with Gasteiger partial charge in [-0.25, -0.2) is 18.0 Å². The second-order valence-electron chi connectivity index (χ2n) is 11.3. The van der Waals surface area contributed by atoms with Crippen LogP contribution in [0.15, 0.2) is 67.1 Å². The lowest BCUT2D eigenvalue weighted by atomic mass is 9.82. The second-order valence-corrected chi connectivity index (χ2v) is 11.3. The number of ether oxygens (including phenoxy) is 1. The molecule has 0 fully saturated rings. The largest absolute Gasteiger partial charge is 0.466 e. The van der Waals surface area contributed by atoms with Crippen molar-refractivity contribution < 1.29 is 22.7 Å². The van der Waals surface area contributed by atoms with Crippen molar-refractivity contribution in [3.63, 3.8) is 0 Å². The van der Waals surface area contributed by atoms with E-state index in [2.05, 4.69) is 14.8 Å². The molecule has 0 spiro atoms. The first-order valence-electron chi connectivity index (χ1n) is 13.7. The van der Waals surface area contributed by atoms with Crippen LogP contribution in [0.25, 0.3) is 28.5 Å². The predicted molar refractivity (Wildman–Crippen MR) is 156 cm³/mol. The number of hydrogen-bond donors (Lipinski definition) is 0. The van der Waals surface area contributed by atoms with Gasteiger partial charge < -0.3 is 4.74 Å². The first-order valence-corrected chi connectivity index (χ1v) is 13.7. The van der Waals surface area contributed by atoms with Crippen LogP contribution in [0, 0.1) is 11.6 Å². The highest BCUT2D eigenvalue weighted by atomic mass is 19.1. The molecule has 0 amide bonds. The highest BCUT2D eigenvalue weighted by Crippen LogP contribution is 2.42. The maximum atomic E-state index is 15.7. The molecule has 0 bridgehead atoms. The molecular weight excluding hydrogens is 541 g/mol. The van der Waals surface area contributed by atoms with Crippen LogP contribution in [0.4, 0.5) is 13.2 Å². The van der Waals surface area contributed by atoms with Gasteiger partial charge in [0.05, 0.1) is 25.0 Å². The number of benzene rings is 2. The summed E-state index contributed by atoms with van der Waals surface area (Å²) in [4.78, 5) is 17.9. The number of pyridine rings is 1. The molecule has 6 nitrogen and oxygen atoms in total. The summed E-state index contributed by atoms with van der Waals surface area (Å²) in [6.45, 7) is 4.86. The molecule has 4 aromatic rings. The lowest BCUT2D eigenvalue weighted by molar-refractivity contribution is -0.134. The Kier molecular flexibility index (Phi) is 8.06. The molecule has 1 aliphatic rings. The Bertz CT molecular complexity index is 1620. The van der Waals surface area contributed by atoms with Crippen molar-refractivity contribution in [3.05, 3.63) is 101 Å². The highest BCUT2D eigenvalue weighted by Gasteiger charge is 2.39. The van der Waals surface area contributed by atoms with Crippen LogP contribution >= 0.6 is 0 Å². The van der Waals surface area contributed by atoms with Crippen molar-refractivity contribution in [1.29, 1.82) is 0 Å². The molecule has 2 atom stereocenters. The summed E-state index contributed by atoms with van der Waals surface area (Å²) in [6.07, 6.45) is 8.43. The van der Waals surface area contributed by atoms with E-state index in [1.165, 1.54) is 39.2 Å². The summed E-state index contributed by atoms with van der Waals surface area (Å²) < 4.78 is 52.8. The lowest BCUT2D eigenvalue weighted by Gasteiger charge is -2.44. The first-order chi connectivity index (χ1) is 19.9. The van der Waals surface area contributed by atoms with E-state index in [1.807, 2.05) is 55.4 Å². The monoisotopic (exact) mass is 574 g/mol. The summed E-state index contributed by atoms with van der Waals surface area (Å²) in [5.74, 6) is -2.18. The molecule has 2 aromatic carbocycles. The Morgan fingerprint density at radius 3 is 2.38 bits per heavy atom. The molecule has 0 unspecified atom stereocenters. The quantitative estimate of drug-likeness (QED) is 0.182. The zero-order chi connectivity index (χ0) is 30.2. The van der Waals surface area contributed by atoms with Gasteiger partial charge in [0, 0.05) is 54.8 Å². The highest BCUT2D eigenvalue weighted by molar-refractivity contribution is 5.86. The van der Waals surface area contributed by atoms with Crippen LogP contribution < -0.4 is 0 Å². The lowest BCUT2D eigenvalue weighted by Crippen LogP contribution is -2.48. The van der Waals surface area contributed by atoms with Gasteiger partial charge >= 0.3 is 5.97 Å². The summed E-state index contributed by atoms with van der Waals surface area (Å²) in [5.41, 5.74) is 3.63. The Hall–Kier alpha value is -4.24. The van der Waals surface area contributed by atoms with Gasteiger partial charge in [0.2, 0.25) is 0 Å². The van der Waals surface area contributed by atoms with Crippen molar-refractivity contribution in [3.8, 4) is 22.4 Å². The van der Waals surface area contributed by atoms with E-state index in [9.17, 15) is 4.79 Å². The SMILES string of the molecule is COC(=O)/C=C/c1cc(F)c([C@@H]2c3ccc(-c4ccc(-c5cnn(C)c5)nc4)cc3C[C@@H](C)N2CC(C)(C)F)c(F)c1. The van der Waals surface area contributed by atoms with Gasteiger partial charge in [0.25, 0.3) is 0 Å². The van der Waals surface area contributed by atoms with Crippen molar-refractivity contribution in [2.24, 2.45) is 7.05 Å². The topological polar surface area (TPSA) is 60.2 Å². The van der Waals surface area contributed by atoms with Gasteiger partial charge in [0.15, 0.2) is 0 Å². The normalized spacial score (nSPS) is 17.4. The van der Waals surface area contributed by atoms with Crippen molar-refractivity contribution >= 4 is 12.0 Å². The number of aryl methyl sites for hydroxylation is 1. The number of fused-ring (bicyclic) bond motifs is 1. The Morgan fingerprint density at radius 1 is 1.07 bits per heavy atom. The maximum absolute atomic E-state index is 15.7. The molecule has 1 aliphatic heterocycles. The summed E-state index contributed by atoms with van der Waals surface area (Å²) in [5, 5.41) is 4.20. The number of aromatic nitrogens is 3. The van der Waals surface area contributed by atoms with E-state index < -0.39 is 29.3 Å². The zero-order valence-corrected chi connectivity index (χ0v) is 24.2. The third-order valence-electron chi connectivity index (χ3n) is 7.49. The molecule has 9 heteroatoms. The van der Waals surface area contributed by atoms with Gasteiger partial charge in [-0.15, -0.1) is 0 Å². The fourth-order valence-corrected chi connectivity index (χ4v) is 5.58. The number of hydrogen-bond acceptors (Lipinski definition) is 5. The van der Waals surface area contributed by atoms with Crippen molar-refractivity contribution in [2.75, 3.05) is 13.7 Å². The Balaban J connectivity index is 1.55. The van der Waals surface area contributed by atoms with Crippen LogP contribution in [0.2, 0.25) is 0 Å². The van der Waals surface area contributed by atoms with Crippen LogP contribution in [0.3, 0.4) is 0 Å². The van der Waals surface area contributed by atoms with Crippen LogP contribution in [-0.4, -0.2) is 51.0 Å². The number of nitrogens with zero attached hydrogens (tertiary/aromatic N) is 4. The number of carbonyl (C=O) groups excluding carboxylic acids is 1. The Labute approximate surface area is 243 Å². The molecular formula is C33H33F3N4O2. The molecule has 218 valence electrons. The summed E-state index contributed by atoms with van der Waals surface area (Å²) in [6, 6.07) is 11.0. The van der Waals surface area contributed by atoms with Crippen molar-refractivity contribution in [1.82, 2.24) is 19.7 Å². The molecule has 42 heavy (non-hydrogen) atoms. The average molecular weight is 575 g/mol. The molecule has 0 radical (unpaired) electrons. The first kappa shape index (κ1) is 29.3. The van der Waals surface area contributed by atoms with Crippen molar-refractivity contribution in [2.45, 2.75) is 44.9 Å². The molecule has 0 saturated heterocycles. The van der Waals surface area contributed by atoms with Crippen LogP contribution in [0.5, 0.6) is 0 Å². The summed E-state index contributed by atoms with van der Waals surface area (Å²) >= 11 is 0. The minimum absolute atomic E-state index is 0.0113. The fourth-order valence-electron chi connectivity index (χ4n) is 5.58. The Morgan fingerprint density at radius 2 is 1.79 bits per heavy atom. The molecule has 3 heterocycles. The predicted octanol–water partition coefficient (Wildman–Crippen LogP) is 6.70. The van der Waals surface area contributed by atoms with E-state index in [-0.39, 0.29) is 23.7 Å². The van der Waals surface area contributed by atoms with E-state index in [0.717, 1.165) is 39.6 Å². The minimum atomic E-state index is -1.60. The van der Waals surface area contributed by atoms with E-state index in [1.54, 1.807) is 17.1 Å².